The van der Waals surface area contributed by atoms with Gasteiger partial charge in [-0.05, 0) is 24.3 Å². The summed E-state index contributed by atoms with van der Waals surface area (Å²) in [6.07, 6.45) is 1.82. The van der Waals surface area contributed by atoms with Gasteiger partial charge in [0.05, 0.1) is 17.4 Å². The Hall–Kier alpha value is -2.62. The summed E-state index contributed by atoms with van der Waals surface area (Å²) < 4.78 is 7.27. The van der Waals surface area contributed by atoms with Crippen LogP contribution < -0.4 is 0 Å². The van der Waals surface area contributed by atoms with E-state index in [-0.39, 0.29) is 0 Å². The van der Waals surface area contributed by atoms with Crippen LogP contribution in [-0.4, -0.2) is 14.5 Å². The van der Waals surface area contributed by atoms with Gasteiger partial charge < -0.3 is 8.98 Å². The van der Waals surface area contributed by atoms with E-state index in [1.807, 2.05) is 67.3 Å². The second kappa shape index (κ2) is 5.17. The molecular formula is C16H15N3O. The molecule has 0 aliphatic rings. The Kier molecular flexibility index (Phi) is 3.21. The minimum absolute atomic E-state index is 0.723. The molecule has 2 aromatic carbocycles. The van der Waals surface area contributed by atoms with Crippen LogP contribution >= 0.6 is 0 Å². The third-order valence-electron chi connectivity index (χ3n) is 3.03. The van der Waals surface area contributed by atoms with Gasteiger partial charge in [-0.25, -0.2) is 9.97 Å². The number of rotatable bonds is 0. The molecule has 0 fully saturated rings. The first-order chi connectivity index (χ1) is 9.74. The Morgan fingerprint density at radius 3 is 2.40 bits per heavy atom. The Labute approximate surface area is 116 Å². The van der Waals surface area contributed by atoms with Gasteiger partial charge in [0.1, 0.15) is 5.52 Å². The summed E-state index contributed by atoms with van der Waals surface area (Å²) in [7, 11) is 2.00. The van der Waals surface area contributed by atoms with E-state index >= 15 is 0 Å². The lowest BCUT2D eigenvalue weighted by Crippen LogP contribution is -1.81. The number of aromatic nitrogens is 3. The summed E-state index contributed by atoms with van der Waals surface area (Å²) in [5.41, 5.74) is 4.03. The molecule has 0 aliphatic heterocycles. The minimum Gasteiger partial charge on any atom is -0.441 e. The number of imidazole rings is 1. The van der Waals surface area contributed by atoms with E-state index in [1.165, 1.54) is 5.52 Å². The molecule has 0 saturated heterocycles. The van der Waals surface area contributed by atoms with Crippen LogP contribution in [0.15, 0.2) is 59.3 Å². The molecule has 2 heterocycles. The molecule has 0 amide bonds. The van der Waals surface area contributed by atoms with Crippen molar-refractivity contribution in [2.45, 2.75) is 6.92 Å². The molecule has 4 aromatic rings. The fourth-order valence-corrected chi connectivity index (χ4v) is 2.07. The van der Waals surface area contributed by atoms with Crippen molar-refractivity contribution in [1.29, 1.82) is 0 Å². The lowest BCUT2D eigenvalue weighted by molar-refractivity contribution is 0.561. The van der Waals surface area contributed by atoms with Gasteiger partial charge in [0.15, 0.2) is 11.5 Å². The molecule has 2 aromatic heterocycles. The average molecular weight is 265 g/mol. The number of hydrogen-bond acceptors (Lipinski definition) is 3. The minimum atomic E-state index is 0.723. The van der Waals surface area contributed by atoms with Gasteiger partial charge in [0, 0.05) is 14.0 Å². The van der Waals surface area contributed by atoms with Crippen molar-refractivity contribution in [2.24, 2.45) is 7.05 Å². The topological polar surface area (TPSA) is 43.9 Å². The molecule has 0 spiro atoms. The fraction of sp³-hybridized carbons (Fsp3) is 0.125. The SMILES string of the molecule is Cc1nc2ccccc2o1.Cn1cnc2ccccc21. The fourth-order valence-electron chi connectivity index (χ4n) is 2.07. The third kappa shape index (κ3) is 2.40. The maximum absolute atomic E-state index is 5.26. The van der Waals surface area contributed by atoms with E-state index in [4.69, 9.17) is 4.42 Å². The van der Waals surface area contributed by atoms with E-state index in [0.717, 1.165) is 22.5 Å². The van der Waals surface area contributed by atoms with Crippen LogP contribution in [0.1, 0.15) is 5.89 Å². The van der Waals surface area contributed by atoms with Crippen molar-refractivity contribution >= 4 is 22.1 Å². The molecule has 0 bridgehead atoms. The molecule has 100 valence electrons. The summed E-state index contributed by atoms with van der Waals surface area (Å²) in [6, 6.07) is 15.8. The molecule has 0 saturated carbocycles. The predicted molar refractivity (Wildman–Crippen MR) is 79.5 cm³/mol. The highest BCUT2D eigenvalue weighted by Crippen LogP contribution is 2.13. The number of aryl methyl sites for hydroxylation is 2. The highest BCUT2D eigenvalue weighted by Gasteiger charge is 1.97. The largest absolute Gasteiger partial charge is 0.441 e. The Morgan fingerprint density at radius 1 is 0.950 bits per heavy atom. The highest BCUT2D eigenvalue weighted by atomic mass is 16.3. The predicted octanol–water partition coefficient (Wildman–Crippen LogP) is 3.71. The number of benzene rings is 2. The Morgan fingerprint density at radius 2 is 1.65 bits per heavy atom. The maximum Gasteiger partial charge on any atom is 0.192 e. The third-order valence-corrected chi connectivity index (χ3v) is 3.03. The van der Waals surface area contributed by atoms with Gasteiger partial charge in [0.2, 0.25) is 0 Å². The summed E-state index contributed by atoms with van der Waals surface area (Å²) >= 11 is 0. The quantitative estimate of drug-likeness (QED) is 0.487. The molecular weight excluding hydrogens is 250 g/mol. The van der Waals surface area contributed by atoms with Crippen molar-refractivity contribution < 1.29 is 4.42 Å². The first-order valence-electron chi connectivity index (χ1n) is 6.42. The highest BCUT2D eigenvalue weighted by molar-refractivity contribution is 5.74. The zero-order chi connectivity index (χ0) is 13.9. The Bertz CT molecular complexity index is 804. The van der Waals surface area contributed by atoms with E-state index in [2.05, 4.69) is 16.0 Å². The van der Waals surface area contributed by atoms with Crippen LogP contribution in [-0.2, 0) is 7.05 Å². The van der Waals surface area contributed by atoms with Gasteiger partial charge in [-0.1, -0.05) is 24.3 Å². The van der Waals surface area contributed by atoms with Crippen LogP contribution in [0.5, 0.6) is 0 Å². The van der Waals surface area contributed by atoms with Gasteiger partial charge in [-0.2, -0.15) is 0 Å². The van der Waals surface area contributed by atoms with Gasteiger partial charge in [-0.3, -0.25) is 0 Å². The molecule has 0 atom stereocenters. The molecule has 4 heteroatoms. The molecule has 0 aliphatic carbocycles. The number of fused-ring (bicyclic) bond motifs is 2. The molecule has 4 nitrogen and oxygen atoms in total. The summed E-state index contributed by atoms with van der Waals surface area (Å²) in [6.45, 7) is 1.85. The normalized spacial score (nSPS) is 10.5. The van der Waals surface area contributed by atoms with E-state index in [1.54, 1.807) is 0 Å². The zero-order valence-electron chi connectivity index (χ0n) is 11.4. The lowest BCUT2D eigenvalue weighted by atomic mass is 10.3. The van der Waals surface area contributed by atoms with Crippen molar-refractivity contribution in [1.82, 2.24) is 14.5 Å². The number of hydrogen-bond donors (Lipinski definition) is 0. The van der Waals surface area contributed by atoms with Gasteiger partial charge in [0.25, 0.3) is 0 Å². The molecule has 0 N–H and O–H groups in total. The van der Waals surface area contributed by atoms with Crippen molar-refractivity contribution in [3.05, 3.63) is 60.7 Å². The second-order valence-electron chi connectivity index (χ2n) is 4.54. The van der Waals surface area contributed by atoms with Crippen LogP contribution in [0.3, 0.4) is 0 Å². The molecule has 0 radical (unpaired) electrons. The number of oxazole rings is 1. The molecule has 4 rings (SSSR count). The molecule has 0 unspecified atom stereocenters. The van der Waals surface area contributed by atoms with Crippen molar-refractivity contribution in [2.75, 3.05) is 0 Å². The van der Waals surface area contributed by atoms with Crippen molar-refractivity contribution in [3.63, 3.8) is 0 Å². The lowest BCUT2D eigenvalue weighted by Gasteiger charge is -1.90. The van der Waals surface area contributed by atoms with Gasteiger partial charge >= 0.3 is 0 Å². The average Bonchev–Trinajstić information content (AvgIpc) is 3.02. The van der Waals surface area contributed by atoms with Crippen molar-refractivity contribution in [3.8, 4) is 0 Å². The Balaban J connectivity index is 0.000000121. The summed E-state index contributed by atoms with van der Waals surface area (Å²) in [5.74, 6) is 0.723. The summed E-state index contributed by atoms with van der Waals surface area (Å²) in [4.78, 5) is 8.33. The zero-order valence-corrected chi connectivity index (χ0v) is 11.4. The van der Waals surface area contributed by atoms with Crippen LogP contribution in [0.25, 0.3) is 22.1 Å². The van der Waals surface area contributed by atoms with E-state index < -0.39 is 0 Å². The molecule has 20 heavy (non-hydrogen) atoms. The first-order valence-corrected chi connectivity index (χ1v) is 6.42. The smallest absolute Gasteiger partial charge is 0.192 e. The second-order valence-corrected chi connectivity index (χ2v) is 4.54. The van der Waals surface area contributed by atoms with E-state index in [0.29, 0.717) is 0 Å². The standard InChI is InChI=1S/C8H8N2.C8H7NO/c1-10-6-9-7-4-2-3-5-8(7)10;1-6-9-7-4-2-3-5-8(7)10-6/h2-6H,1H3;2-5H,1H3. The van der Waals surface area contributed by atoms with Crippen LogP contribution in [0, 0.1) is 6.92 Å². The van der Waals surface area contributed by atoms with E-state index in [9.17, 15) is 0 Å². The summed E-state index contributed by atoms with van der Waals surface area (Å²) in [5, 5.41) is 0. The number of para-hydroxylation sites is 4. The monoisotopic (exact) mass is 265 g/mol. The number of nitrogens with zero attached hydrogens (tertiary/aromatic N) is 3. The maximum atomic E-state index is 5.26. The van der Waals surface area contributed by atoms with Crippen LogP contribution in [0.2, 0.25) is 0 Å². The van der Waals surface area contributed by atoms with Crippen LogP contribution in [0.4, 0.5) is 0 Å². The first kappa shape index (κ1) is 12.4. The van der Waals surface area contributed by atoms with Gasteiger partial charge in [-0.15, -0.1) is 0 Å².